The fourth-order valence-corrected chi connectivity index (χ4v) is 1.02. The van der Waals surface area contributed by atoms with Crippen molar-refractivity contribution in [3.05, 3.63) is 11.1 Å². The second-order valence-corrected chi connectivity index (χ2v) is 3.03. The molecule has 12 heavy (non-hydrogen) atoms. The number of rotatable bonds is 5. The van der Waals surface area contributed by atoms with Gasteiger partial charge >= 0.3 is 5.97 Å². The summed E-state index contributed by atoms with van der Waals surface area (Å²) in [6.07, 6.45) is 2.39. The molecule has 0 amide bonds. The summed E-state index contributed by atoms with van der Waals surface area (Å²) in [6, 6.07) is 0. The lowest BCUT2D eigenvalue weighted by Gasteiger charge is -2.03. The smallest absolute Gasteiger partial charge is 0.331 e. The molecule has 0 aliphatic heterocycles. The van der Waals surface area contributed by atoms with Gasteiger partial charge in [0.1, 0.15) is 0 Å². The summed E-state index contributed by atoms with van der Waals surface area (Å²) in [6.45, 7) is 4.29. The second-order valence-electron chi connectivity index (χ2n) is 3.03. The van der Waals surface area contributed by atoms with Crippen molar-refractivity contribution in [1.82, 2.24) is 0 Å². The van der Waals surface area contributed by atoms with Crippen LogP contribution in [0.1, 0.15) is 33.1 Å². The topological polar surface area (TPSA) is 63.3 Å². The molecular formula is C9H17NO2. The molecule has 3 nitrogen and oxygen atoms in total. The highest BCUT2D eigenvalue weighted by Crippen LogP contribution is 2.11. The van der Waals surface area contributed by atoms with Crippen LogP contribution in [0, 0.1) is 0 Å². The van der Waals surface area contributed by atoms with Crippen LogP contribution < -0.4 is 5.73 Å². The molecule has 0 unspecified atom stereocenters. The molecule has 3 N–H and O–H groups in total. The first-order valence-electron chi connectivity index (χ1n) is 4.19. The average Bonchev–Trinajstić information content (AvgIpc) is 1.96. The third-order valence-electron chi connectivity index (χ3n) is 1.74. The summed E-state index contributed by atoms with van der Waals surface area (Å²) in [5.41, 5.74) is 6.72. The van der Waals surface area contributed by atoms with Crippen molar-refractivity contribution in [3.63, 3.8) is 0 Å². The standard InChI is InChI=1S/C9H17NO2/c1-7(2)8(9(11)12)5-3-4-6-10/h3-6,10H2,1-2H3,(H,11,12). The number of hydrogen-bond donors (Lipinski definition) is 2. The lowest BCUT2D eigenvalue weighted by molar-refractivity contribution is -0.132. The maximum Gasteiger partial charge on any atom is 0.331 e. The van der Waals surface area contributed by atoms with Gasteiger partial charge in [0.25, 0.3) is 0 Å². The van der Waals surface area contributed by atoms with Crippen LogP contribution >= 0.6 is 0 Å². The fourth-order valence-electron chi connectivity index (χ4n) is 1.02. The molecule has 0 aliphatic carbocycles. The molecule has 0 saturated heterocycles. The van der Waals surface area contributed by atoms with Gasteiger partial charge in [-0.15, -0.1) is 0 Å². The minimum absolute atomic E-state index is 0.531. The van der Waals surface area contributed by atoms with Crippen LogP contribution in [0.4, 0.5) is 0 Å². The van der Waals surface area contributed by atoms with E-state index in [-0.39, 0.29) is 0 Å². The van der Waals surface area contributed by atoms with E-state index >= 15 is 0 Å². The zero-order chi connectivity index (χ0) is 9.56. The van der Waals surface area contributed by atoms with Crippen LogP contribution in [0.25, 0.3) is 0 Å². The van der Waals surface area contributed by atoms with E-state index in [2.05, 4.69) is 0 Å². The van der Waals surface area contributed by atoms with Crippen molar-refractivity contribution in [3.8, 4) is 0 Å². The van der Waals surface area contributed by atoms with Gasteiger partial charge in [0, 0.05) is 5.57 Å². The molecule has 0 aromatic heterocycles. The SMILES string of the molecule is CC(C)=C(CCCCN)C(=O)O. The Morgan fingerprint density at radius 1 is 1.33 bits per heavy atom. The third-order valence-corrected chi connectivity index (χ3v) is 1.74. The van der Waals surface area contributed by atoms with E-state index in [1.807, 2.05) is 13.8 Å². The molecule has 0 bridgehead atoms. The molecule has 0 aliphatic rings. The van der Waals surface area contributed by atoms with Crippen molar-refractivity contribution in [2.24, 2.45) is 5.73 Å². The number of hydrogen-bond acceptors (Lipinski definition) is 2. The van der Waals surface area contributed by atoms with Crippen LogP contribution in [0.5, 0.6) is 0 Å². The lowest BCUT2D eigenvalue weighted by Crippen LogP contribution is -2.04. The highest BCUT2D eigenvalue weighted by atomic mass is 16.4. The monoisotopic (exact) mass is 171 g/mol. The number of carbonyl (C=O) groups is 1. The van der Waals surface area contributed by atoms with Crippen LogP contribution in [0.2, 0.25) is 0 Å². The van der Waals surface area contributed by atoms with Crippen molar-refractivity contribution in [2.45, 2.75) is 33.1 Å². The summed E-state index contributed by atoms with van der Waals surface area (Å²) in [5.74, 6) is -0.799. The van der Waals surface area contributed by atoms with E-state index in [1.165, 1.54) is 0 Å². The van der Waals surface area contributed by atoms with Gasteiger partial charge in [-0.2, -0.15) is 0 Å². The molecule has 0 saturated carbocycles. The highest BCUT2D eigenvalue weighted by molar-refractivity contribution is 5.87. The van der Waals surface area contributed by atoms with Gasteiger partial charge in [-0.3, -0.25) is 0 Å². The summed E-state index contributed by atoms with van der Waals surface area (Å²) < 4.78 is 0. The third kappa shape index (κ3) is 4.13. The molecule has 0 fully saturated rings. The van der Waals surface area contributed by atoms with Crippen molar-refractivity contribution in [2.75, 3.05) is 6.54 Å². The Balaban J connectivity index is 4.00. The zero-order valence-corrected chi connectivity index (χ0v) is 7.76. The van der Waals surface area contributed by atoms with E-state index in [0.717, 1.165) is 18.4 Å². The van der Waals surface area contributed by atoms with E-state index < -0.39 is 5.97 Å². The first kappa shape index (κ1) is 11.2. The van der Waals surface area contributed by atoms with Gasteiger partial charge in [-0.1, -0.05) is 5.57 Å². The number of aliphatic carboxylic acids is 1. The van der Waals surface area contributed by atoms with Crippen LogP contribution in [-0.4, -0.2) is 17.6 Å². The van der Waals surface area contributed by atoms with Gasteiger partial charge in [-0.05, 0) is 39.7 Å². The molecule has 0 atom stereocenters. The summed E-state index contributed by atoms with van der Waals surface area (Å²) >= 11 is 0. The second kappa shape index (κ2) is 5.77. The van der Waals surface area contributed by atoms with Gasteiger partial charge in [0.05, 0.1) is 0 Å². The molecule has 70 valence electrons. The quantitative estimate of drug-likeness (QED) is 0.487. The maximum absolute atomic E-state index is 10.6. The Bertz CT molecular complexity index is 181. The van der Waals surface area contributed by atoms with Gasteiger partial charge in [0.2, 0.25) is 0 Å². The maximum atomic E-state index is 10.6. The van der Waals surface area contributed by atoms with E-state index in [4.69, 9.17) is 10.8 Å². The normalized spacial score (nSPS) is 9.58. The number of carboxylic acid groups (broad SMARTS) is 1. The Labute approximate surface area is 73.3 Å². The largest absolute Gasteiger partial charge is 0.478 e. The van der Waals surface area contributed by atoms with Crippen molar-refractivity contribution >= 4 is 5.97 Å². The van der Waals surface area contributed by atoms with Gasteiger partial charge in [0.15, 0.2) is 0 Å². The molecule has 0 rings (SSSR count). The molecule has 0 aromatic carbocycles. The summed E-state index contributed by atoms with van der Waals surface area (Å²) in [4.78, 5) is 10.6. The Morgan fingerprint density at radius 2 is 1.92 bits per heavy atom. The van der Waals surface area contributed by atoms with Gasteiger partial charge in [-0.25, -0.2) is 4.79 Å². The molecule has 0 spiro atoms. The first-order valence-corrected chi connectivity index (χ1v) is 4.19. The fraction of sp³-hybridized carbons (Fsp3) is 0.667. The Morgan fingerprint density at radius 3 is 2.25 bits per heavy atom. The lowest BCUT2D eigenvalue weighted by atomic mass is 10.0. The van der Waals surface area contributed by atoms with Gasteiger partial charge < -0.3 is 10.8 Å². The molecular weight excluding hydrogens is 154 g/mol. The average molecular weight is 171 g/mol. The summed E-state index contributed by atoms with van der Waals surface area (Å²) in [7, 11) is 0. The number of carboxylic acids is 1. The van der Waals surface area contributed by atoms with Crippen LogP contribution in [-0.2, 0) is 4.79 Å². The minimum atomic E-state index is -0.799. The number of nitrogens with two attached hydrogens (primary N) is 1. The number of unbranched alkanes of at least 4 members (excludes halogenated alkanes) is 1. The summed E-state index contributed by atoms with van der Waals surface area (Å²) in [5, 5.41) is 8.75. The Hall–Kier alpha value is -0.830. The van der Waals surface area contributed by atoms with Crippen molar-refractivity contribution < 1.29 is 9.90 Å². The van der Waals surface area contributed by atoms with E-state index in [1.54, 1.807) is 0 Å². The molecule has 0 aromatic rings. The highest BCUT2D eigenvalue weighted by Gasteiger charge is 2.07. The molecule has 0 heterocycles. The van der Waals surface area contributed by atoms with Crippen molar-refractivity contribution in [1.29, 1.82) is 0 Å². The van der Waals surface area contributed by atoms with E-state index in [9.17, 15) is 4.79 Å². The predicted molar refractivity (Wildman–Crippen MR) is 48.9 cm³/mol. The zero-order valence-electron chi connectivity index (χ0n) is 7.76. The minimum Gasteiger partial charge on any atom is -0.478 e. The molecule has 0 radical (unpaired) electrons. The predicted octanol–water partition coefficient (Wildman–Crippen LogP) is 1.54. The Kier molecular flexibility index (Phi) is 5.37. The number of allylic oxidation sites excluding steroid dienone is 1. The first-order chi connectivity index (χ1) is 5.59. The van der Waals surface area contributed by atoms with E-state index in [0.29, 0.717) is 18.5 Å². The van der Waals surface area contributed by atoms with Crippen LogP contribution in [0.3, 0.4) is 0 Å². The molecule has 3 heteroatoms. The van der Waals surface area contributed by atoms with Crippen LogP contribution in [0.15, 0.2) is 11.1 Å².